The second-order valence-corrected chi connectivity index (χ2v) is 6.70. The van der Waals surface area contributed by atoms with Crippen LogP contribution in [0.5, 0.6) is 0 Å². The fourth-order valence-corrected chi connectivity index (χ4v) is 3.36. The van der Waals surface area contributed by atoms with E-state index in [1.54, 1.807) is 0 Å². The highest BCUT2D eigenvalue weighted by Gasteiger charge is 2.22. The van der Waals surface area contributed by atoms with Gasteiger partial charge >= 0.3 is 0 Å². The molecule has 0 aliphatic carbocycles. The zero-order valence-electron chi connectivity index (χ0n) is 9.87. The lowest BCUT2D eigenvalue weighted by atomic mass is 9.92. The minimum absolute atomic E-state index is 0.0314. The van der Waals surface area contributed by atoms with E-state index in [-0.39, 0.29) is 29.6 Å². The van der Waals surface area contributed by atoms with Crippen LogP contribution in [-0.4, -0.2) is 38.8 Å². The summed E-state index contributed by atoms with van der Waals surface area (Å²) < 4.78 is 22.9. The fourth-order valence-electron chi connectivity index (χ4n) is 2.02. The van der Waals surface area contributed by atoms with Crippen LogP contribution in [0.15, 0.2) is 0 Å². The van der Waals surface area contributed by atoms with Gasteiger partial charge in [0.05, 0.1) is 5.75 Å². The Hall–Kier alpha value is -0.420. The van der Waals surface area contributed by atoms with Crippen LogP contribution in [-0.2, 0) is 14.6 Å². The third-order valence-electron chi connectivity index (χ3n) is 2.97. The van der Waals surface area contributed by atoms with Gasteiger partial charge in [-0.2, -0.15) is 0 Å². The lowest BCUT2D eigenvalue weighted by Gasteiger charge is -2.21. The summed E-state index contributed by atoms with van der Waals surface area (Å²) >= 11 is 0. The summed E-state index contributed by atoms with van der Waals surface area (Å²) in [4.78, 5) is 11.8. The topological polar surface area (TPSA) is 63.2 Å². The number of carbonyl (C=O) groups excluding carboxylic acids is 1. The second-order valence-electron chi connectivity index (χ2n) is 4.39. The number of rotatable bonds is 6. The molecule has 1 aliphatic heterocycles. The van der Waals surface area contributed by atoms with Crippen LogP contribution in [0, 0.1) is 5.92 Å². The van der Waals surface area contributed by atoms with Crippen LogP contribution in [0.4, 0.5) is 0 Å². The number of nitrogens with one attached hydrogen (secondary N) is 1. The largest absolute Gasteiger partial charge is 0.317 e. The zero-order valence-corrected chi connectivity index (χ0v) is 10.7. The SMILES string of the molecule is CCCS(=O)(=O)CCC(=O)C1CCNCC1. The Morgan fingerprint density at radius 2 is 1.88 bits per heavy atom. The van der Waals surface area contributed by atoms with Crippen molar-refractivity contribution in [1.82, 2.24) is 5.32 Å². The van der Waals surface area contributed by atoms with Gasteiger partial charge in [0.25, 0.3) is 0 Å². The van der Waals surface area contributed by atoms with E-state index in [4.69, 9.17) is 0 Å². The van der Waals surface area contributed by atoms with Crippen molar-refractivity contribution in [3.05, 3.63) is 0 Å². The molecular weight excluding hydrogens is 226 g/mol. The molecule has 0 saturated carbocycles. The summed E-state index contributed by atoms with van der Waals surface area (Å²) in [5.41, 5.74) is 0. The van der Waals surface area contributed by atoms with Crippen molar-refractivity contribution in [3.63, 3.8) is 0 Å². The molecule has 0 aromatic rings. The first kappa shape index (κ1) is 13.6. The molecule has 0 unspecified atom stereocenters. The molecular formula is C11H21NO3S. The third kappa shape index (κ3) is 4.61. The highest BCUT2D eigenvalue weighted by molar-refractivity contribution is 7.91. The highest BCUT2D eigenvalue weighted by atomic mass is 32.2. The summed E-state index contributed by atoms with van der Waals surface area (Å²) in [6.45, 7) is 3.59. The van der Waals surface area contributed by atoms with E-state index in [9.17, 15) is 13.2 Å². The quantitative estimate of drug-likeness (QED) is 0.753. The van der Waals surface area contributed by atoms with E-state index < -0.39 is 9.84 Å². The van der Waals surface area contributed by atoms with Crippen LogP contribution in [0.2, 0.25) is 0 Å². The van der Waals surface area contributed by atoms with Crippen LogP contribution in [0.1, 0.15) is 32.6 Å². The Morgan fingerprint density at radius 1 is 1.25 bits per heavy atom. The minimum atomic E-state index is -3.00. The summed E-state index contributed by atoms with van der Waals surface area (Å²) in [6, 6.07) is 0. The normalized spacial score (nSPS) is 18.6. The van der Waals surface area contributed by atoms with Crippen LogP contribution < -0.4 is 5.32 Å². The van der Waals surface area contributed by atoms with Gasteiger partial charge in [0.2, 0.25) is 0 Å². The Labute approximate surface area is 97.7 Å². The molecule has 0 aromatic heterocycles. The zero-order chi connectivity index (χ0) is 12.0. The Balaban J connectivity index is 2.34. The standard InChI is InChI=1S/C11H21NO3S/c1-2-8-16(14,15)9-5-11(13)10-3-6-12-7-4-10/h10,12H,2-9H2,1H3. The highest BCUT2D eigenvalue weighted by Crippen LogP contribution is 2.15. The van der Waals surface area contributed by atoms with Crippen molar-refractivity contribution in [3.8, 4) is 0 Å². The molecule has 0 bridgehead atoms. The molecule has 1 saturated heterocycles. The van der Waals surface area contributed by atoms with Gasteiger partial charge in [0.1, 0.15) is 5.78 Å². The van der Waals surface area contributed by atoms with Gasteiger partial charge in [-0.3, -0.25) is 4.79 Å². The third-order valence-corrected chi connectivity index (χ3v) is 4.83. The summed E-state index contributed by atoms with van der Waals surface area (Å²) in [7, 11) is -3.00. The molecule has 1 heterocycles. The summed E-state index contributed by atoms with van der Waals surface area (Å²) in [5, 5.41) is 3.19. The van der Waals surface area contributed by atoms with Crippen LogP contribution in [0.3, 0.4) is 0 Å². The maximum atomic E-state index is 11.8. The van der Waals surface area contributed by atoms with Crippen molar-refractivity contribution in [1.29, 1.82) is 0 Å². The maximum Gasteiger partial charge on any atom is 0.150 e. The van der Waals surface area contributed by atoms with Gasteiger partial charge in [-0.05, 0) is 32.4 Å². The summed E-state index contributed by atoms with van der Waals surface area (Å²) in [6.07, 6.45) is 2.54. The van der Waals surface area contributed by atoms with E-state index >= 15 is 0 Å². The Morgan fingerprint density at radius 3 is 2.44 bits per heavy atom. The first-order chi connectivity index (χ1) is 7.55. The predicted molar refractivity (Wildman–Crippen MR) is 64.2 cm³/mol. The smallest absolute Gasteiger partial charge is 0.150 e. The van der Waals surface area contributed by atoms with Crippen molar-refractivity contribution in [2.75, 3.05) is 24.6 Å². The lowest BCUT2D eigenvalue weighted by molar-refractivity contribution is -0.123. The van der Waals surface area contributed by atoms with Gasteiger partial charge in [0.15, 0.2) is 9.84 Å². The van der Waals surface area contributed by atoms with Crippen LogP contribution in [0.25, 0.3) is 0 Å². The monoisotopic (exact) mass is 247 g/mol. The van der Waals surface area contributed by atoms with Gasteiger partial charge in [-0.15, -0.1) is 0 Å². The van der Waals surface area contributed by atoms with E-state index in [2.05, 4.69) is 5.32 Å². The van der Waals surface area contributed by atoms with Gasteiger partial charge in [-0.1, -0.05) is 6.92 Å². The van der Waals surface area contributed by atoms with Crippen molar-refractivity contribution in [2.45, 2.75) is 32.6 Å². The van der Waals surface area contributed by atoms with E-state index in [0.717, 1.165) is 25.9 Å². The van der Waals surface area contributed by atoms with E-state index in [0.29, 0.717) is 6.42 Å². The van der Waals surface area contributed by atoms with Crippen LogP contribution >= 0.6 is 0 Å². The molecule has 1 rings (SSSR count). The van der Waals surface area contributed by atoms with Crippen molar-refractivity contribution in [2.24, 2.45) is 5.92 Å². The molecule has 0 aromatic carbocycles. The predicted octanol–water partition coefficient (Wildman–Crippen LogP) is 0.770. The van der Waals surface area contributed by atoms with E-state index in [1.165, 1.54) is 0 Å². The van der Waals surface area contributed by atoms with E-state index in [1.807, 2.05) is 6.92 Å². The Kier molecular flexibility index (Phi) is 5.41. The average Bonchev–Trinajstić information content (AvgIpc) is 2.27. The fraction of sp³-hybridized carbons (Fsp3) is 0.909. The van der Waals surface area contributed by atoms with Gasteiger partial charge in [-0.25, -0.2) is 8.42 Å². The number of sulfone groups is 1. The number of carbonyl (C=O) groups is 1. The maximum absolute atomic E-state index is 11.8. The number of ketones is 1. The molecule has 1 N–H and O–H groups in total. The molecule has 0 radical (unpaired) electrons. The molecule has 0 spiro atoms. The molecule has 1 fully saturated rings. The van der Waals surface area contributed by atoms with Gasteiger partial charge < -0.3 is 5.32 Å². The lowest BCUT2D eigenvalue weighted by Crippen LogP contribution is -2.32. The first-order valence-corrected chi connectivity index (χ1v) is 7.81. The first-order valence-electron chi connectivity index (χ1n) is 5.99. The van der Waals surface area contributed by atoms with Gasteiger partial charge in [0, 0.05) is 18.1 Å². The number of piperidine rings is 1. The molecule has 94 valence electrons. The average molecular weight is 247 g/mol. The molecule has 4 nitrogen and oxygen atoms in total. The molecule has 5 heteroatoms. The number of hydrogen-bond donors (Lipinski definition) is 1. The van der Waals surface area contributed by atoms with Crippen molar-refractivity contribution < 1.29 is 13.2 Å². The Bertz CT molecular complexity index is 318. The number of Topliss-reactive ketones (excluding diaryl/α,β-unsaturated/α-hetero) is 1. The second kappa shape index (κ2) is 6.35. The minimum Gasteiger partial charge on any atom is -0.317 e. The van der Waals surface area contributed by atoms with Crippen molar-refractivity contribution >= 4 is 15.6 Å². The molecule has 1 aliphatic rings. The molecule has 16 heavy (non-hydrogen) atoms. The summed E-state index contributed by atoms with van der Waals surface area (Å²) in [5.74, 6) is 0.440. The molecule has 0 atom stereocenters. The molecule has 0 amide bonds. The number of hydrogen-bond acceptors (Lipinski definition) is 4.